The van der Waals surface area contributed by atoms with Crippen molar-refractivity contribution in [2.24, 2.45) is 11.8 Å². The van der Waals surface area contributed by atoms with Crippen LogP contribution in [0.15, 0.2) is 48.5 Å². The fourth-order valence-corrected chi connectivity index (χ4v) is 3.90. The molecular weight excluding hydrogens is 440 g/mol. The highest BCUT2D eigenvalue weighted by Gasteiger charge is 2.38. The molecule has 0 radical (unpaired) electrons. The molecule has 2 aromatic rings. The van der Waals surface area contributed by atoms with Gasteiger partial charge in [0.15, 0.2) is 24.8 Å². The van der Waals surface area contributed by atoms with Crippen LogP contribution in [0.2, 0.25) is 0 Å². The van der Waals surface area contributed by atoms with Crippen molar-refractivity contribution in [1.29, 1.82) is 0 Å². The van der Waals surface area contributed by atoms with E-state index in [1.54, 1.807) is 48.5 Å². The van der Waals surface area contributed by atoms with E-state index >= 15 is 0 Å². The molecule has 34 heavy (non-hydrogen) atoms. The second-order valence-corrected chi connectivity index (χ2v) is 8.02. The summed E-state index contributed by atoms with van der Waals surface area (Å²) in [7, 11) is 3.05. The third-order valence-corrected chi connectivity index (χ3v) is 5.89. The SMILES string of the molecule is COc1ccc(C(=O)COC(=O)C2CCCCC2C(=O)OCC(=O)c2ccc(OC)cc2)cc1. The molecule has 0 bridgehead atoms. The number of esters is 2. The minimum Gasteiger partial charge on any atom is -0.497 e. The Bertz CT molecular complexity index is 927. The summed E-state index contributed by atoms with van der Waals surface area (Å²) in [5.74, 6) is -2.10. The van der Waals surface area contributed by atoms with E-state index in [0.717, 1.165) is 12.8 Å². The molecule has 180 valence electrons. The Kier molecular flexibility index (Phi) is 8.79. The molecule has 2 aromatic carbocycles. The number of carbonyl (C=O) groups is 4. The monoisotopic (exact) mass is 468 g/mol. The lowest BCUT2D eigenvalue weighted by Gasteiger charge is -2.28. The summed E-state index contributed by atoms with van der Waals surface area (Å²) < 4.78 is 20.6. The summed E-state index contributed by atoms with van der Waals surface area (Å²) in [6.07, 6.45) is 2.45. The zero-order valence-electron chi connectivity index (χ0n) is 19.3. The number of ketones is 2. The van der Waals surface area contributed by atoms with E-state index in [1.165, 1.54) is 14.2 Å². The number of Topliss-reactive ketones (excluding diaryl/α,β-unsaturated/α-hetero) is 2. The average Bonchev–Trinajstić information content (AvgIpc) is 2.90. The Hall–Kier alpha value is -3.68. The van der Waals surface area contributed by atoms with Crippen LogP contribution in [0.1, 0.15) is 46.4 Å². The van der Waals surface area contributed by atoms with Gasteiger partial charge in [0, 0.05) is 11.1 Å². The van der Waals surface area contributed by atoms with Gasteiger partial charge < -0.3 is 18.9 Å². The fourth-order valence-electron chi connectivity index (χ4n) is 3.90. The molecule has 0 aromatic heterocycles. The van der Waals surface area contributed by atoms with Gasteiger partial charge in [-0.25, -0.2) is 0 Å². The van der Waals surface area contributed by atoms with Gasteiger partial charge in [-0.15, -0.1) is 0 Å². The number of carbonyl (C=O) groups excluding carboxylic acids is 4. The maximum absolute atomic E-state index is 12.7. The second-order valence-electron chi connectivity index (χ2n) is 8.02. The Labute approximate surface area is 198 Å². The molecule has 0 aliphatic heterocycles. The van der Waals surface area contributed by atoms with Crippen LogP contribution in [-0.4, -0.2) is 50.9 Å². The summed E-state index contributed by atoms with van der Waals surface area (Å²) >= 11 is 0. The lowest BCUT2D eigenvalue weighted by atomic mass is 9.79. The summed E-state index contributed by atoms with van der Waals surface area (Å²) in [4.78, 5) is 50.1. The predicted octanol–water partition coefficient (Wildman–Crippen LogP) is 3.66. The second kappa shape index (κ2) is 12.0. The van der Waals surface area contributed by atoms with Crippen molar-refractivity contribution in [1.82, 2.24) is 0 Å². The van der Waals surface area contributed by atoms with E-state index < -0.39 is 37.0 Å². The van der Waals surface area contributed by atoms with Gasteiger partial charge in [-0.05, 0) is 61.4 Å². The Morgan fingerprint density at radius 3 is 1.32 bits per heavy atom. The normalized spacial score (nSPS) is 17.4. The maximum atomic E-state index is 12.7. The van der Waals surface area contributed by atoms with Crippen molar-refractivity contribution >= 4 is 23.5 Å². The van der Waals surface area contributed by atoms with Crippen molar-refractivity contribution in [2.45, 2.75) is 25.7 Å². The molecule has 8 nitrogen and oxygen atoms in total. The smallest absolute Gasteiger partial charge is 0.310 e. The highest BCUT2D eigenvalue weighted by atomic mass is 16.5. The van der Waals surface area contributed by atoms with Crippen LogP contribution in [0.4, 0.5) is 0 Å². The molecule has 1 saturated carbocycles. The largest absolute Gasteiger partial charge is 0.497 e. The first-order chi connectivity index (χ1) is 16.4. The van der Waals surface area contributed by atoms with Crippen LogP contribution in [-0.2, 0) is 19.1 Å². The number of methoxy groups -OCH3 is 2. The summed E-state index contributed by atoms with van der Waals surface area (Å²) in [6, 6.07) is 13.0. The zero-order chi connectivity index (χ0) is 24.5. The zero-order valence-corrected chi connectivity index (χ0v) is 19.3. The maximum Gasteiger partial charge on any atom is 0.310 e. The van der Waals surface area contributed by atoms with E-state index in [4.69, 9.17) is 18.9 Å². The van der Waals surface area contributed by atoms with Gasteiger partial charge in [0.2, 0.25) is 0 Å². The summed E-state index contributed by atoms with van der Waals surface area (Å²) in [5, 5.41) is 0. The summed E-state index contributed by atoms with van der Waals surface area (Å²) in [6.45, 7) is -0.835. The van der Waals surface area contributed by atoms with E-state index in [-0.39, 0.29) is 11.6 Å². The summed E-state index contributed by atoms with van der Waals surface area (Å²) in [5.41, 5.74) is 0.787. The van der Waals surface area contributed by atoms with E-state index in [1.807, 2.05) is 0 Å². The quantitative estimate of drug-likeness (QED) is 0.384. The number of ether oxygens (including phenoxy) is 4. The average molecular weight is 469 g/mol. The van der Waals surface area contributed by atoms with Crippen molar-refractivity contribution in [3.63, 3.8) is 0 Å². The van der Waals surface area contributed by atoms with Crippen LogP contribution >= 0.6 is 0 Å². The number of benzene rings is 2. The molecule has 1 fully saturated rings. The third kappa shape index (κ3) is 6.43. The van der Waals surface area contributed by atoms with Crippen LogP contribution in [0.5, 0.6) is 11.5 Å². The minimum absolute atomic E-state index is 0.351. The van der Waals surface area contributed by atoms with Crippen molar-refractivity contribution in [3.8, 4) is 11.5 Å². The van der Waals surface area contributed by atoms with Crippen LogP contribution in [0, 0.1) is 11.8 Å². The highest BCUT2D eigenvalue weighted by molar-refractivity contribution is 5.99. The van der Waals surface area contributed by atoms with Gasteiger partial charge in [0.05, 0.1) is 26.1 Å². The first kappa shape index (κ1) is 25.0. The number of hydrogen-bond donors (Lipinski definition) is 0. The van der Waals surface area contributed by atoms with Gasteiger partial charge >= 0.3 is 11.9 Å². The molecule has 2 unspecified atom stereocenters. The lowest BCUT2D eigenvalue weighted by molar-refractivity contribution is -0.161. The molecule has 3 rings (SSSR count). The lowest BCUT2D eigenvalue weighted by Crippen LogP contribution is -2.36. The van der Waals surface area contributed by atoms with Gasteiger partial charge in [-0.1, -0.05) is 12.8 Å². The van der Waals surface area contributed by atoms with E-state index in [2.05, 4.69) is 0 Å². The van der Waals surface area contributed by atoms with Gasteiger partial charge in [-0.2, -0.15) is 0 Å². The standard InChI is InChI=1S/C26H28O8/c1-31-19-11-7-17(8-12-19)23(27)15-33-25(29)21-5-3-4-6-22(21)26(30)34-16-24(28)18-9-13-20(32-2)14-10-18/h7-14,21-22H,3-6,15-16H2,1-2H3. The first-order valence-electron chi connectivity index (χ1n) is 11.1. The van der Waals surface area contributed by atoms with Gasteiger partial charge in [0.25, 0.3) is 0 Å². The first-order valence-corrected chi connectivity index (χ1v) is 11.1. The third-order valence-electron chi connectivity index (χ3n) is 5.89. The topological polar surface area (TPSA) is 105 Å². The molecular formula is C26H28O8. The predicted molar refractivity (Wildman–Crippen MR) is 122 cm³/mol. The molecule has 1 aliphatic carbocycles. The molecule has 0 saturated heterocycles. The minimum atomic E-state index is -0.707. The van der Waals surface area contributed by atoms with E-state index in [9.17, 15) is 19.2 Å². The number of hydrogen-bond acceptors (Lipinski definition) is 8. The van der Waals surface area contributed by atoms with Crippen LogP contribution in [0.25, 0.3) is 0 Å². The molecule has 0 N–H and O–H groups in total. The molecule has 2 atom stereocenters. The van der Waals surface area contributed by atoms with Crippen molar-refractivity contribution < 1.29 is 38.1 Å². The molecule has 0 spiro atoms. The van der Waals surface area contributed by atoms with Gasteiger partial charge in [0.1, 0.15) is 11.5 Å². The Balaban J connectivity index is 1.53. The van der Waals surface area contributed by atoms with Gasteiger partial charge in [-0.3, -0.25) is 19.2 Å². The molecule has 0 heterocycles. The fraction of sp³-hybridized carbons (Fsp3) is 0.385. The molecule has 8 heteroatoms. The highest BCUT2D eigenvalue weighted by Crippen LogP contribution is 2.32. The molecule has 1 aliphatic rings. The Morgan fingerprint density at radius 1 is 0.647 bits per heavy atom. The van der Waals surface area contributed by atoms with Crippen molar-refractivity contribution in [2.75, 3.05) is 27.4 Å². The molecule has 0 amide bonds. The van der Waals surface area contributed by atoms with Crippen molar-refractivity contribution in [3.05, 3.63) is 59.7 Å². The Morgan fingerprint density at radius 2 is 1.00 bits per heavy atom. The number of rotatable bonds is 10. The van der Waals surface area contributed by atoms with Crippen LogP contribution < -0.4 is 9.47 Å². The van der Waals surface area contributed by atoms with Crippen LogP contribution in [0.3, 0.4) is 0 Å². The van der Waals surface area contributed by atoms with E-state index in [0.29, 0.717) is 35.5 Å².